The van der Waals surface area contributed by atoms with Gasteiger partial charge < -0.3 is 15.8 Å². The van der Waals surface area contributed by atoms with E-state index in [0.29, 0.717) is 40.0 Å². The van der Waals surface area contributed by atoms with E-state index in [1.54, 1.807) is 43.3 Å². The number of amides is 2. The summed E-state index contributed by atoms with van der Waals surface area (Å²) >= 11 is 6.00. The summed E-state index contributed by atoms with van der Waals surface area (Å²) in [6.45, 7) is 4.65. The summed E-state index contributed by atoms with van der Waals surface area (Å²) in [4.78, 5) is 28.6. The van der Waals surface area contributed by atoms with Crippen molar-refractivity contribution in [2.24, 2.45) is 5.73 Å². The molecule has 0 saturated heterocycles. The lowest BCUT2D eigenvalue weighted by molar-refractivity contribution is -0.138. The second-order valence-corrected chi connectivity index (χ2v) is 9.24. The number of halogens is 4. The van der Waals surface area contributed by atoms with E-state index in [1.807, 2.05) is 12.1 Å². The number of aromatic nitrogens is 1. The van der Waals surface area contributed by atoms with Crippen molar-refractivity contribution in [2.75, 3.05) is 0 Å². The lowest BCUT2D eigenvalue weighted by Gasteiger charge is -2.26. The van der Waals surface area contributed by atoms with Crippen LogP contribution in [0.25, 0.3) is 5.57 Å². The topological polar surface area (TPSA) is 94.3 Å². The van der Waals surface area contributed by atoms with Gasteiger partial charge in [0.05, 0.1) is 5.56 Å². The number of pyridine rings is 1. The third-order valence-electron chi connectivity index (χ3n) is 5.51. The van der Waals surface area contributed by atoms with Crippen LogP contribution in [-0.2, 0) is 17.4 Å². The number of carbonyl (C=O) groups is 2. The summed E-state index contributed by atoms with van der Waals surface area (Å²) in [5, 5.41) is 3.40. The fourth-order valence-corrected chi connectivity index (χ4v) is 3.56. The molecule has 3 N–H and O–H groups in total. The highest BCUT2D eigenvalue weighted by Gasteiger charge is 2.33. The molecule has 0 unspecified atom stereocenters. The van der Waals surface area contributed by atoms with Crippen LogP contribution in [0.4, 0.5) is 13.2 Å². The van der Waals surface area contributed by atoms with Gasteiger partial charge in [-0.3, -0.25) is 9.59 Å². The number of benzene rings is 2. The molecule has 3 rings (SSSR count). The number of rotatable bonds is 8. The molecule has 3 aromatic rings. The van der Waals surface area contributed by atoms with Crippen LogP contribution in [-0.4, -0.2) is 22.4 Å². The monoisotopic (exact) mass is 531 g/mol. The van der Waals surface area contributed by atoms with Crippen LogP contribution in [0.5, 0.6) is 5.88 Å². The van der Waals surface area contributed by atoms with Crippen molar-refractivity contribution in [3.8, 4) is 5.88 Å². The highest BCUT2D eigenvalue weighted by molar-refractivity contribution is 6.30. The number of alkyl halides is 3. The lowest BCUT2D eigenvalue weighted by atomic mass is 9.94. The maximum Gasteiger partial charge on any atom is 0.417 e. The maximum atomic E-state index is 13.1. The van der Waals surface area contributed by atoms with E-state index in [0.717, 1.165) is 17.7 Å². The Morgan fingerprint density at radius 2 is 1.68 bits per heavy atom. The minimum Gasteiger partial charge on any atom is -0.462 e. The van der Waals surface area contributed by atoms with Gasteiger partial charge in [0.25, 0.3) is 5.91 Å². The Kier molecular flexibility index (Phi) is 8.28. The molecule has 194 valence electrons. The highest BCUT2D eigenvalue weighted by Crippen LogP contribution is 2.30. The molecule has 0 spiro atoms. The normalized spacial score (nSPS) is 12.5. The van der Waals surface area contributed by atoms with Crippen LogP contribution in [0.2, 0.25) is 5.02 Å². The lowest BCUT2D eigenvalue weighted by Crippen LogP contribution is -2.46. The van der Waals surface area contributed by atoms with Crippen LogP contribution in [0.1, 0.15) is 47.8 Å². The summed E-state index contributed by atoms with van der Waals surface area (Å²) in [6.07, 6.45) is -3.50. The van der Waals surface area contributed by atoms with Crippen LogP contribution in [0.15, 0.2) is 72.6 Å². The van der Waals surface area contributed by atoms with Gasteiger partial charge in [-0.25, -0.2) is 4.98 Å². The fraction of sp³-hybridized carbons (Fsp3) is 0.222. The largest absolute Gasteiger partial charge is 0.462 e. The van der Waals surface area contributed by atoms with Gasteiger partial charge in [0.2, 0.25) is 11.8 Å². The molecule has 0 atom stereocenters. The number of hydrogen-bond donors (Lipinski definition) is 2. The average molecular weight is 532 g/mol. The molecular weight excluding hydrogens is 507 g/mol. The van der Waals surface area contributed by atoms with Gasteiger partial charge in [0, 0.05) is 28.5 Å². The van der Waals surface area contributed by atoms with Crippen molar-refractivity contribution in [1.82, 2.24) is 10.3 Å². The summed E-state index contributed by atoms with van der Waals surface area (Å²) < 4.78 is 44.0. The van der Waals surface area contributed by atoms with Crippen molar-refractivity contribution in [1.29, 1.82) is 0 Å². The standard InChI is InChI=1S/C27H25ClF3N3O3/c1-16(34-25(36)26(2,3)37-23-12-9-20(15-33-23)27(29,30)31)22(13-17-7-10-21(28)11-8-17)18-5-4-6-19(14-18)24(32)35/h4-12,14-15H,13H2,1-3H3,(H2,32,35)(H,34,36)/b22-16-. The van der Waals surface area contributed by atoms with E-state index < -0.39 is 29.2 Å². The van der Waals surface area contributed by atoms with E-state index in [-0.39, 0.29) is 5.88 Å². The van der Waals surface area contributed by atoms with Crippen molar-refractivity contribution < 1.29 is 27.5 Å². The van der Waals surface area contributed by atoms with Crippen molar-refractivity contribution >= 4 is 29.0 Å². The predicted molar refractivity (Wildman–Crippen MR) is 135 cm³/mol. The number of nitrogens with zero attached hydrogens (tertiary/aromatic N) is 1. The van der Waals surface area contributed by atoms with E-state index in [9.17, 15) is 22.8 Å². The first-order chi connectivity index (χ1) is 17.3. The molecule has 2 amide bonds. The van der Waals surface area contributed by atoms with Gasteiger partial charge >= 0.3 is 6.18 Å². The first-order valence-corrected chi connectivity index (χ1v) is 11.5. The summed E-state index contributed by atoms with van der Waals surface area (Å²) in [5.74, 6) is -1.27. The fourth-order valence-electron chi connectivity index (χ4n) is 3.43. The van der Waals surface area contributed by atoms with Gasteiger partial charge in [0.1, 0.15) is 0 Å². The van der Waals surface area contributed by atoms with Crippen LogP contribution in [0.3, 0.4) is 0 Å². The Bertz CT molecular complexity index is 1320. The minimum atomic E-state index is -4.54. The Morgan fingerprint density at radius 1 is 1.03 bits per heavy atom. The number of allylic oxidation sites excluding steroid dienone is 2. The van der Waals surface area contributed by atoms with Gasteiger partial charge in [-0.05, 0) is 74.2 Å². The Balaban J connectivity index is 1.89. The molecule has 6 nitrogen and oxygen atoms in total. The first-order valence-electron chi connectivity index (χ1n) is 11.1. The minimum absolute atomic E-state index is 0.134. The first kappa shape index (κ1) is 27.7. The molecule has 1 aromatic heterocycles. The molecule has 1 heterocycles. The molecule has 10 heteroatoms. The molecule has 0 fully saturated rings. The molecular formula is C27H25ClF3N3O3. The summed E-state index contributed by atoms with van der Waals surface area (Å²) in [5.41, 5.74) is 6.13. The summed E-state index contributed by atoms with van der Waals surface area (Å²) in [7, 11) is 0. The number of hydrogen-bond acceptors (Lipinski definition) is 4. The molecule has 0 saturated carbocycles. The Morgan fingerprint density at radius 3 is 2.24 bits per heavy atom. The summed E-state index contributed by atoms with van der Waals surface area (Å²) in [6, 6.07) is 15.8. The number of primary amides is 1. The Labute approximate surface area is 217 Å². The van der Waals surface area contributed by atoms with Crippen LogP contribution in [0, 0.1) is 0 Å². The molecule has 0 aliphatic rings. The van der Waals surface area contributed by atoms with Crippen LogP contribution >= 0.6 is 11.6 Å². The molecule has 0 bridgehead atoms. The van der Waals surface area contributed by atoms with E-state index in [1.165, 1.54) is 13.8 Å². The predicted octanol–water partition coefficient (Wildman–Crippen LogP) is 5.80. The SMILES string of the molecule is C/C(NC(=O)C(C)(C)Oc1ccc(C(F)(F)F)cn1)=C(\Cc1ccc(Cl)cc1)c1cccc(C(N)=O)c1. The zero-order chi connectivity index (χ0) is 27.4. The van der Waals surface area contributed by atoms with Crippen LogP contribution < -0.4 is 15.8 Å². The number of ether oxygens (including phenoxy) is 1. The van der Waals surface area contributed by atoms with Crippen molar-refractivity contribution in [2.45, 2.75) is 39.0 Å². The smallest absolute Gasteiger partial charge is 0.417 e. The van der Waals surface area contributed by atoms with Crippen molar-refractivity contribution in [3.63, 3.8) is 0 Å². The quantitative estimate of drug-likeness (QED) is 0.384. The average Bonchev–Trinajstić information content (AvgIpc) is 2.83. The van der Waals surface area contributed by atoms with E-state index >= 15 is 0 Å². The highest BCUT2D eigenvalue weighted by atomic mass is 35.5. The number of carbonyl (C=O) groups excluding carboxylic acids is 2. The zero-order valence-corrected chi connectivity index (χ0v) is 21.1. The second-order valence-electron chi connectivity index (χ2n) is 8.80. The van der Waals surface area contributed by atoms with Gasteiger partial charge in [0.15, 0.2) is 5.60 Å². The maximum absolute atomic E-state index is 13.1. The second kappa shape index (κ2) is 11.0. The van der Waals surface area contributed by atoms with Gasteiger partial charge in [-0.2, -0.15) is 13.2 Å². The van der Waals surface area contributed by atoms with E-state index in [4.69, 9.17) is 22.1 Å². The molecule has 0 aliphatic carbocycles. The number of nitrogens with one attached hydrogen (secondary N) is 1. The molecule has 37 heavy (non-hydrogen) atoms. The zero-order valence-electron chi connectivity index (χ0n) is 20.3. The number of nitrogens with two attached hydrogens (primary N) is 1. The van der Waals surface area contributed by atoms with Gasteiger partial charge in [-0.1, -0.05) is 35.9 Å². The molecule has 0 aliphatic heterocycles. The van der Waals surface area contributed by atoms with E-state index in [2.05, 4.69) is 10.3 Å². The van der Waals surface area contributed by atoms with Crippen molar-refractivity contribution in [3.05, 3.63) is 99.8 Å². The third kappa shape index (κ3) is 7.33. The Hall–Kier alpha value is -3.85. The third-order valence-corrected chi connectivity index (χ3v) is 5.77. The molecule has 0 radical (unpaired) electrons. The van der Waals surface area contributed by atoms with Gasteiger partial charge in [-0.15, -0.1) is 0 Å². The molecule has 2 aromatic carbocycles.